The molecule has 5 heteroatoms. The normalized spacial score (nSPS) is 17.6. The van der Waals surface area contributed by atoms with Crippen LogP contribution in [0.4, 0.5) is 5.82 Å². The van der Waals surface area contributed by atoms with Gasteiger partial charge < -0.3 is 10.2 Å². The Labute approximate surface area is 124 Å². The van der Waals surface area contributed by atoms with Crippen LogP contribution < -0.4 is 5.32 Å². The number of nitrogens with zero attached hydrogens (tertiary/aromatic N) is 3. The van der Waals surface area contributed by atoms with E-state index in [2.05, 4.69) is 50.0 Å². The van der Waals surface area contributed by atoms with E-state index in [9.17, 15) is 0 Å². The molecule has 1 saturated heterocycles. The number of aromatic nitrogens is 2. The zero-order valence-corrected chi connectivity index (χ0v) is 13.4. The Balaban J connectivity index is 1.77. The number of nitrogens with one attached hydrogen (secondary N) is 1. The summed E-state index contributed by atoms with van der Waals surface area (Å²) < 4.78 is 0.855. The van der Waals surface area contributed by atoms with Gasteiger partial charge in [-0.2, -0.15) is 0 Å². The van der Waals surface area contributed by atoms with E-state index in [0.29, 0.717) is 0 Å². The number of anilines is 1. The molecule has 1 aliphatic rings. The van der Waals surface area contributed by atoms with Crippen LogP contribution in [0.3, 0.4) is 0 Å². The van der Waals surface area contributed by atoms with E-state index < -0.39 is 0 Å². The lowest BCUT2D eigenvalue weighted by Crippen LogP contribution is -2.36. The van der Waals surface area contributed by atoms with Crippen molar-refractivity contribution in [2.45, 2.75) is 33.1 Å². The minimum absolute atomic E-state index is 0.855. The van der Waals surface area contributed by atoms with Gasteiger partial charge in [-0.3, -0.25) is 0 Å². The first-order valence-corrected chi connectivity index (χ1v) is 7.96. The molecule has 0 unspecified atom stereocenters. The van der Waals surface area contributed by atoms with Gasteiger partial charge in [0, 0.05) is 25.6 Å². The fourth-order valence-corrected chi connectivity index (χ4v) is 2.76. The summed E-state index contributed by atoms with van der Waals surface area (Å²) in [6, 6.07) is 1.94. The first kappa shape index (κ1) is 14.7. The highest BCUT2D eigenvalue weighted by Gasteiger charge is 2.14. The summed E-state index contributed by atoms with van der Waals surface area (Å²) in [7, 11) is 0. The molecule has 2 rings (SSSR count). The van der Waals surface area contributed by atoms with E-state index in [4.69, 9.17) is 0 Å². The zero-order valence-electron chi connectivity index (χ0n) is 11.8. The Morgan fingerprint density at radius 2 is 2.11 bits per heavy atom. The molecule has 106 valence electrons. The second-order valence-corrected chi connectivity index (χ2v) is 6.11. The van der Waals surface area contributed by atoms with E-state index in [1.54, 1.807) is 0 Å². The summed E-state index contributed by atoms with van der Waals surface area (Å²) in [6.07, 6.45) is 3.52. The third-order valence-corrected chi connectivity index (χ3v) is 4.07. The third kappa shape index (κ3) is 4.73. The van der Waals surface area contributed by atoms with Crippen LogP contribution in [0.5, 0.6) is 0 Å². The number of rotatable bonds is 5. The molecule has 19 heavy (non-hydrogen) atoms. The van der Waals surface area contributed by atoms with Crippen molar-refractivity contribution in [2.75, 3.05) is 31.5 Å². The highest BCUT2D eigenvalue weighted by molar-refractivity contribution is 9.10. The van der Waals surface area contributed by atoms with Crippen molar-refractivity contribution < 1.29 is 0 Å². The Hall–Kier alpha value is -0.680. The lowest BCUT2D eigenvalue weighted by molar-refractivity contribution is 0.199. The van der Waals surface area contributed by atoms with E-state index in [0.717, 1.165) is 41.7 Å². The summed E-state index contributed by atoms with van der Waals surface area (Å²) in [4.78, 5) is 11.3. The number of hydrogen-bond acceptors (Lipinski definition) is 4. The van der Waals surface area contributed by atoms with Gasteiger partial charge in [0.25, 0.3) is 0 Å². The van der Waals surface area contributed by atoms with E-state index in [-0.39, 0.29) is 0 Å². The van der Waals surface area contributed by atoms with Crippen LogP contribution in [-0.2, 0) is 6.42 Å². The van der Waals surface area contributed by atoms with Crippen LogP contribution in [0.2, 0.25) is 0 Å². The second kappa shape index (κ2) is 7.20. The second-order valence-electron chi connectivity index (χ2n) is 5.30. The first-order valence-electron chi connectivity index (χ1n) is 7.17. The molecule has 0 atom stereocenters. The SMILES string of the molecule is CCc1nc(Br)cc(NCCN2CCC(C)CC2)n1. The molecule has 1 aromatic heterocycles. The molecule has 1 fully saturated rings. The fraction of sp³-hybridized carbons (Fsp3) is 0.714. The molecule has 0 bridgehead atoms. The van der Waals surface area contributed by atoms with E-state index >= 15 is 0 Å². The molecule has 0 aromatic carbocycles. The van der Waals surface area contributed by atoms with Crippen molar-refractivity contribution in [1.82, 2.24) is 14.9 Å². The first-order chi connectivity index (χ1) is 9.17. The maximum Gasteiger partial charge on any atom is 0.131 e. The van der Waals surface area contributed by atoms with Gasteiger partial charge in [0.05, 0.1) is 0 Å². The zero-order chi connectivity index (χ0) is 13.7. The molecule has 0 aliphatic carbocycles. The van der Waals surface area contributed by atoms with Crippen molar-refractivity contribution >= 4 is 21.7 Å². The number of aryl methyl sites for hydroxylation is 1. The monoisotopic (exact) mass is 326 g/mol. The lowest BCUT2D eigenvalue weighted by Gasteiger charge is -2.30. The van der Waals surface area contributed by atoms with Crippen molar-refractivity contribution in [2.24, 2.45) is 5.92 Å². The van der Waals surface area contributed by atoms with Gasteiger partial charge in [0.2, 0.25) is 0 Å². The molecule has 0 amide bonds. The van der Waals surface area contributed by atoms with Crippen LogP contribution in [0.25, 0.3) is 0 Å². The molecular weight excluding hydrogens is 304 g/mol. The van der Waals surface area contributed by atoms with Crippen LogP contribution in [0.1, 0.15) is 32.5 Å². The van der Waals surface area contributed by atoms with Crippen molar-refractivity contribution in [3.05, 3.63) is 16.5 Å². The van der Waals surface area contributed by atoms with Crippen molar-refractivity contribution in [1.29, 1.82) is 0 Å². The summed E-state index contributed by atoms with van der Waals surface area (Å²) >= 11 is 3.43. The molecular formula is C14H23BrN4. The molecule has 0 spiro atoms. The highest BCUT2D eigenvalue weighted by atomic mass is 79.9. The third-order valence-electron chi connectivity index (χ3n) is 3.67. The summed E-state index contributed by atoms with van der Waals surface area (Å²) in [5.74, 6) is 2.70. The summed E-state index contributed by atoms with van der Waals surface area (Å²) in [5.41, 5.74) is 0. The standard InChI is InChI=1S/C14H23BrN4/c1-3-13-17-12(15)10-14(18-13)16-6-9-19-7-4-11(2)5-8-19/h10-11H,3-9H2,1-2H3,(H,16,17,18). The van der Waals surface area contributed by atoms with Gasteiger partial charge in [0.15, 0.2) is 0 Å². The number of likely N-dealkylation sites (tertiary alicyclic amines) is 1. The smallest absolute Gasteiger partial charge is 0.131 e. The number of hydrogen-bond donors (Lipinski definition) is 1. The van der Waals surface area contributed by atoms with Crippen LogP contribution in [0.15, 0.2) is 10.7 Å². The number of piperidine rings is 1. The van der Waals surface area contributed by atoms with E-state index in [1.165, 1.54) is 25.9 Å². The van der Waals surface area contributed by atoms with Gasteiger partial charge in [-0.25, -0.2) is 9.97 Å². The predicted molar refractivity (Wildman–Crippen MR) is 82.4 cm³/mol. The highest BCUT2D eigenvalue weighted by Crippen LogP contribution is 2.16. The summed E-state index contributed by atoms with van der Waals surface area (Å²) in [6.45, 7) is 8.92. The molecule has 0 radical (unpaired) electrons. The van der Waals surface area contributed by atoms with Gasteiger partial charge in [0.1, 0.15) is 16.2 Å². The van der Waals surface area contributed by atoms with Crippen LogP contribution >= 0.6 is 15.9 Å². The Morgan fingerprint density at radius 1 is 1.37 bits per heavy atom. The Bertz CT molecular complexity index is 402. The Kier molecular flexibility index (Phi) is 5.58. The van der Waals surface area contributed by atoms with Crippen LogP contribution in [-0.4, -0.2) is 41.0 Å². The average molecular weight is 327 g/mol. The average Bonchev–Trinajstić information content (AvgIpc) is 2.40. The maximum absolute atomic E-state index is 4.48. The molecule has 1 aromatic rings. The molecule has 4 nitrogen and oxygen atoms in total. The van der Waals surface area contributed by atoms with Gasteiger partial charge in [-0.05, 0) is 47.8 Å². The van der Waals surface area contributed by atoms with Gasteiger partial charge in [-0.15, -0.1) is 0 Å². The topological polar surface area (TPSA) is 41.1 Å². The van der Waals surface area contributed by atoms with Crippen molar-refractivity contribution in [3.63, 3.8) is 0 Å². The van der Waals surface area contributed by atoms with Gasteiger partial charge in [-0.1, -0.05) is 13.8 Å². The van der Waals surface area contributed by atoms with Crippen molar-refractivity contribution in [3.8, 4) is 0 Å². The van der Waals surface area contributed by atoms with Crippen LogP contribution in [0, 0.1) is 5.92 Å². The minimum atomic E-state index is 0.855. The molecule has 2 heterocycles. The molecule has 1 N–H and O–H groups in total. The molecule has 0 saturated carbocycles. The maximum atomic E-state index is 4.48. The summed E-state index contributed by atoms with van der Waals surface area (Å²) in [5, 5.41) is 3.40. The lowest BCUT2D eigenvalue weighted by atomic mass is 9.99. The number of halogens is 1. The fourth-order valence-electron chi connectivity index (χ4n) is 2.34. The molecule has 1 aliphatic heterocycles. The predicted octanol–water partition coefficient (Wildman–Crippen LogP) is 2.95. The van der Waals surface area contributed by atoms with Gasteiger partial charge >= 0.3 is 0 Å². The minimum Gasteiger partial charge on any atom is -0.369 e. The quantitative estimate of drug-likeness (QED) is 0.844. The largest absolute Gasteiger partial charge is 0.369 e. The Morgan fingerprint density at radius 3 is 2.79 bits per heavy atom. The van der Waals surface area contributed by atoms with E-state index in [1.807, 2.05) is 6.07 Å².